The number of hydrogen-bond donors (Lipinski definition) is 2. The van der Waals surface area contributed by atoms with E-state index in [0.717, 1.165) is 5.56 Å². The number of carbonyl (C=O) groups is 1. The fourth-order valence-electron chi connectivity index (χ4n) is 2.69. The van der Waals surface area contributed by atoms with E-state index in [4.69, 9.17) is 4.74 Å². The number of carbonyl (C=O) groups excluding carboxylic acids is 1. The number of nitrogens with zero attached hydrogens (tertiary/aromatic N) is 1. The Kier molecular flexibility index (Phi) is 6.49. The van der Waals surface area contributed by atoms with Crippen LogP contribution in [0.25, 0.3) is 0 Å². The van der Waals surface area contributed by atoms with Gasteiger partial charge >= 0.3 is 0 Å². The Hall–Kier alpha value is -3.06. The number of aromatic amines is 1. The van der Waals surface area contributed by atoms with Crippen molar-refractivity contribution in [2.45, 2.75) is 24.3 Å². The number of H-pyrrole nitrogens is 1. The number of para-hydroxylation sites is 2. The minimum atomic E-state index is -0.301. The zero-order valence-electron chi connectivity index (χ0n) is 15.7. The third kappa shape index (κ3) is 5.01. The van der Waals surface area contributed by atoms with Gasteiger partial charge in [0.2, 0.25) is 5.91 Å². The molecule has 0 radical (unpaired) electrons. The molecule has 2 N–H and O–H groups in total. The van der Waals surface area contributed by atoms with Crippen LogP contribution in [-0.4, -0.2) is 23.0 Å². The van der Waals surface area contributed by atoms with Gasteiger partial charge in [0, 0.05) is 17.0 Å². The van der Waals surface area contributed by atoms with Gasteiger partial charge in [-0.25, -0.2) is 4.98 Å². The molecule has 0 bridgehead atoms. The average Bonchev–Trinajstić information content (AvgIpc) is 2.70. The van der Waals surface area contributed by atoms with Gasteiger partial charge in [-0.1, -0.05) is 54.2 Å². The van der Waals surface area contributed by atoms with Crippen LogP contribution in [0.5, 0.6) is 5.75 Å². The number of nitrogens with one attached hydrogen (secondary N) is 2. The predicted molar refractivity (Wildman–Crippen MR) is 111 cm³/mol. The molecule has 0 aliphatic carbocycles. The third-order valence-electron chi connectivity index (χ3n) is 4.14. The highest BCUT2D eigenvalue weighted by Gasteiger charge is 2.14. The summed E-state index contributed by atoms with van der Waals surface area (Å²) in [4.78, 5) is 32.1. The van der Waals surface area contributed by atoms with E-state index in [0.29, 0.717) is 33.6 Å². The first kappa shape index (κ1) is 19.7. The Labute approximate surface area is 167 Å². The van der Waals surface area contributed by atoms with E-state index in [1.165, 1.54) is 18.9 Å². The summed E-state index contributed by atoms with van der Waals surface area (Å²) < 4.78 is 5.23. The summed E-state index contributed by atoms with van der Waals surface area (Å²) in [5.74, 6) is 0.966. The lowest BCUT2D eigenvalue weighted by molar-refractivity contribution is -0.115. The van der Waals surface area contributed by atoms with Gasteiger partial charge in [-0.05, 0) is 24.6 Å². The van der Waals surface area contributed by atoms with Crippen LogP contribution in [0.1, 0.15) is 16.8 Å². The molecule has 28 heavy (non-hydrogen) atoms. The maximum atomic E-state index is 12.5. The molecule has 0 spiro atoms. The highest BCUT2D eigenvalue weighted by Crippen LogP contribution is 2.23. The van der Waals surface area contributed by atoms with Crippen molar-refractivity contribution in [3.8, 4) is 5.75 Å². The highest BCUT2D eigenvalue weighted by atomic mass is 32.2. The lowest BCUT2D eigenvalue weighted by atomic mass is 10.1. The second-order valence-electron chi connectivity index (χ2n) is 6.13. The molecule has 1 heterocycles. The molecule has 0 aliphatic rings. The third-order valence-corrected chi connectivity index (χ3v) is 5.08. The number of amides is 1. The highest BCUT2D eigenvalue weighted by molar-refractivity contribution is 7.98. The molecule has 7 heteroatoms. The number of aromatic nitrogens is 2. The van der Waals surface area contributed by atoms with Gasteiger partial charge in [0.05, 0.1) is 19.2 Å². The van der Waals surface area contributed by atoms with Crippen LogP contribution in [0.2, 0.25) is 0 Å². The zero-order valence-corrected chi connectivity index (χ0v) is 16.5. The van der Waals surface area contributed by atoms with Gasteiger partial charge in [0.1, 0.15) is 5.75 Å². The minimum absolute atomic E-state index is 0.0597. The smallest absolute Gasteiger partial charge is 0.255 e. The van der Waals surface area contributed by atoms with Crippen molar-refractivity contribution in [3.63, 3.8) is 0 Å². The summed E-state index contributed by atoms with van der Waals surface area (Å²) >= 11 is 1.45. The number of methoxy groups -OCH3 is 1. The summed E-state index contributed by atoms with van der Waals surface area (Å²) in [6.07, 6.45) is -0.0597. The molecule has 3 aromatic rings. The van der Waals surface area contributed by atoms with Crippen molar-refractivity contribution in [2.24, 2.45) is 0 Å². The molecule has 0 aliphatic heterocycles. The normalized spacial score (nSPS) is 10.5. The maximum absolute atomic E-state index is 12.5. The van der Waals surface area contributed by atoms with Crippen LogP contribution in [0.3, 0.4) is 0 Å². The summed E-state index contributed by atoms with van der Waals surface area (Å²) in [6.45, 7) is 1.74. The van der Waals surface area contributed by atoms with E-state index in [1.54, 1.807) is 25.1 Å². The number of benzene rings is 2. The second kappa shape index (κ2) is 9.23. The lowest BCUT2D eigenvalue weighted by Gasteiger charge is -2.10. The van der Waals surface area contributed by atoms with Gasteiger partial charge < -0.3 is 15.0 Å². The van der Waals surface area contributed by atoms with Gasteiger partial charge in [-0.2, -0.15) is 0 Å². The van der Waals surface area contributed by atoms with Crippen LogP contribution < -0.4 is 15.6 Å². The topological polar surface area (TPSA) is 84.1 Å². The number of aryl methyl sites for hydroxylation is 1. The predicted octanol–water partition coefficient (Wildman–Crippen LogP) is 3.56. The van der Waals surface area contributed by atoms with E-state index < -0.39 is 0 Å². The number of ether oxygens (including phenoxy) is 1. The van der Waals surface area contributed by atoms with Crippen molar-refractivity contribution >= 4 is 23.4 Å². The molecule has 6 nitrogen and oxygen atoms in total. The van der Waals surface area contributed by atoms with Gasteiger partial charge in [-0.3, -0.25) is 9.59 Å². The van der Waals surface area contributed by atoms with Crippen LogP contribution in [0.15, 0.2) is 64.5 Å². The molecular formula is C21H21N3O3S. The zero-order chi connectivity index (χ0) is 19.9. The van der Waals surface area contributed by atoms with E-state index in [1.807, 2.05) is 36.4 Å². The van der Waals surface area contributed by atoms with Crippen LogP contribution in [0.4, 0.5) is 5.69 Å². The van der Waals surface area contributed by atoms with Crippen molar-refractivity contribution in [1.29, 1.82) is 0 Å². The summed E-state index contributed by atoms with van der Waals surface area (Å²) in [6, 6.07) is 17.1. The Morgan fingerprint density at radius 3 is 2.57 bits per heavy atom. The molecule has 3 rings (SSSR count). The maximum Gasteiger partial charge on any atom is 0.255 e. The van der Waals surface area contributed by atoms with Crippen molar-refractivity contribution in [1.82, 2.24) is 9.97 Å². The molecule has 0 saturated heterocycles. The van der Waals surface area contributed by atoms with E-state index >= 15 is 0 Å². The van der Waals surface area contributed by atoms with Crippen LogP contribution in [0, 0.1) is 6.92 Å². The van der Waals surface area contributed by atoms with Gasteiger partial charge in [0.15, 0.2) is 5.16 Å². The minimum Gasteiger partial charge on any atom is -0.495 e. The Morgan fingerprint density at radius 2 is 1.86 bits per heavy atom. The van der Waals surface area contributed by atoms with Crippen molar-refractivity contribution in [3.05, 3.63) is 81.8 Å². The molecule has 1 aromatic heterocycles. The molecule has 2 aromatic carbocycles. The monoisotopic (exact) mass is 395 g/mol. The fourth-order valence-corrected chi connectivity index (χ4v) is 3.55. The van der Waals surface area contributed by atoms with Crippen molar-refractivity contribution in [2.75, 3.05) is 12.4 Å². The molecule has 1 amide bonds. The Morgan fingerprint density at radius 1 is 1.14 bits per heavy atom. The number of anilines is 1. The Bertz CT molecular complexity index is 1020. The first-order chi connectivity index (χ1) is 13.6. The average molecular weight is 395 g/mol. The largest absolute Gasteiger partial charge is 0.495 e. The van der Waals surface area contributed by atoms with Gasteiger partial charge in [-0.15, -0.1) is 0 Å². The number of thioether (sulfide) groups is 1. The fraction of sp³-hybridized carbons (Fsp3) is 0.190. The summed E-state index contributed by atoms with van der Waals surface area (Å²) in [5.41, 5.74) is 2.32. The molecule has 0 unspecified atom stereocenters. The van der Waals surface area contributed by atoms with E-state index in [-0.39, 0.29) is 17.9 Å². The van der Waals surface area contributed by atoms with Gasteiger partial charge in [0.25, 0.3) is 5.56 Å². The van der Waals surface area contributed by atoms with E-state index in [9.17, 15) is 9.59 Å². The standard InChI is InChI=1S/C21H21N3O3S/c1-14-16(12-19(25)23-17-10-6-7-11-18(17)27-2)20(26)24-21(22-14)28-13-15-8-4-3-5-9-15/h3-11H,12-13H2,1-2H3,(H,23,25)(H,22,24,26). The second-order valence-corrected chi connectivity index (χ2v) is 7.10. The lowest BCUT2D eigenvalue weighted by Crippen LogP contribution is -2.24. The van der Waals surface area contributed by atoms with Crippen molar-refractivity contribution < 1.29 is 9.53 Å². The SMILES string of the molecule is COc1ccccc1NC(=O)Cc1c(C)nc(SCc2ccccc2)[nH]c1=O. The number of rotatable bonds is 7. The molecule has 144 valence electrons. The molecule has 0 atom stereocenters. The first-order valence-electron chi connectivity index (χ1n) is 8.76. The molecule has 0 fully saturated rings. The summed E-state index contributed by atoms with van der Waals surface area (Å²) in [7, 11) is 1.54. The Balaban J connectivity index is 1.69. The molecular weight excluding hydrogens is 374 g/mol. The van der Waals surface area contributed by atoms with Crippen LogP contribution >= 0.6 is 11.8 Å². The first-order valence-corrected chi connectivity index (χ1v) is 9.74. The van der Waals surface area contributed by atoms with Crippen LogP contribution in [-0.2, 0) is 17.0 Å². The quantitative estimate of drug-likeness (QED) is 0.472. The number of hydrogen-bond acceptors (Lipinski definition) is 5. The van der Waals surface area contributed by atoms with E-state index in [2.05, 4.69) is 15.3 Å². The molecule has 0 saturated carbocycles. The summed E-state index contributed by atoms with van der Waals surface area (Å²) in [5, 5.41) is 3.32.